The Balaban J connectivity index is 1.26. The summed E-state index contributed by atoms with van der Waals surface area (Å²) in [6.45, 7) is 2.08. The summed E-state index contributed by atoms with van der Waals surface area (Å²) in [5, 5.41) is 7.67. The van der Waals surface area contributed by atoms with Crippen LogP contribution in [0.3, 0.4) is 0 Å². The number of aromatic amines is 2. The molecule has 0 atom stereocenters. The van der Waals surface area contributed by atoms with Crippen LogP contribution in [0.4, 0.5) is 0 Å². The van der Waals surface area contributed by atoms with Crippen LogP contribution in [-0.4, -0.2) is 41.2 Å². The van der Waals surface area contributed by atoms with E-state index in [0.29, 0.717) is 11.5 Å². The van der Waals surface area contributed by atoms with Crippen molar-refractivity contribution in [1.29, 1.82) is 0 Å². The van der Waals surface area contributed by atoms with Gasteiger partial charge in [0.05, 0.1) is 34.7 Å². The number of aromatic nitrogens is 7. The lowest BCUT2D eigenvalue weighted by Crippen LogP contribution is -2.19. The number of imidazole rings is 1. The van der Waals surface area contributed by atoms with E-state index >= 15 is 0 Å². The number of fused-ring (bicyclic) bond motifs is 2. The second-order valence-corrected chi connectivity index (χ2v) is 9.96. The molecule has 188 valence electrons. The van der Waals surface area contributed by atoms with Crippen LogP contribution in [-0.2, 0) is 0 Å². The molecule has 0 aliphatic heterocycles. The van der Waals surface area contributed by atoms with Gasteiger partial charge in [-0.05, 0) is 62.9 Å². The summed E-state index contributed by atoms with van der Waals surface area (Å²) in [7, 11) is 0. The van der Waals surface area contributed by atoms with Gasteiger partial charge in [0.25, 0.3) is 0 Å². The zero-order valence-electron chi connectivity index (χ0n) is 21.1. The van der Waals surface area contributed by atoms with Gasteiger partial charge in [0, 0.05) is 23.5 Å². The van der Waals surface area contributed by atoms with Crippen LogP contribution in [0.1, 0.15) is 37.7 Å². The third kappa shape index (κ3) is 4.18. The fraction of sp³-hybridized carbons (Fsp3) is 0.233. The van der Waals surface area contributed by atoms with E-state index < -0.39 is 0 Å². The molecule has 1 fully saturated rings. The first-order valence-corrected chi connectivity index (χ1v) is 13.1. The molecule has 8 heteroatoms. The minimum Gasteiger partial charge on any atom is -0.489 e. The number of ether oxygens (including phenoxy) is 1. The molecule has 6 aromatic rings. The summed E-state index contributed by atoms with van der Waals surface area (Å²) >= 11 is 0. The number of hydrogen-bond donors (Lipinski definition) is 2. The van der Waals surface area contributed by atoms with E-state index in [2.05, 4.69) is 50.3 Å². The predicted molar refractivity (Wildman–Crippen MR) is 148 cm³/mol. The molecule has 1 aliphatic rings. The van der Waals surface area contributed by atoms with Crippen molar-refractivity contribution < 1.29 is 4.74 Å². The van der Waals surface area contributed by atoms with Gasteiger partial charge in [-0.2, -0.15) is 5.10 Å². The van der Waals surface area contributed by atoms with Gasteiger partial charge in [-0.3, -0.25) is 15.1 Å². The van der Waals surface area contributed by atoms with Gasteiger partial charge in [-0.15, -0.1) is 0 Å². The van der Waals surface area contributed by atoms with Gasteiger partial charge < -0.3 is 9.72 Å². The summed E-state index contributed by atoms with van der Waals surface area (Å²) < 4.78 is 6.24. The smallest absolute Gasteiger partial charge is 0.161 e. The van der Waals surface area contributed by atoms with Crippen molar-refractivity contribution in [3.05, 3.63) is 72.7 Å². The zero-order valence-corrected chi connectivity index (χ0v) is 21.1. The lowest BCUT2D eigenvalue weighted by molar-refractivity contribution is 0.154. The van der Waals surface area contributed by atoms with Crippen molar-refractivity contribution in [2.24, 2.45) is 0 Å². The average Bonchev–Trinajstić information content (AvgIpc) is 3.57. The second-order valence-electron chi connectivity index (χ2n) is 9.96. The minimum atomic E-state index is 0.268. The van der Waals surface area contributed by atoms with Gasteiger partial charge in [-0.25, -0.2) is 9.97 Å². The van der Waals surface area contributed by atoms with Crippen molar-refractivity contribution >= 4 is 22.1 Å². The first-order chi connectivity index (χ1) is 18.7. The molecule has 1 aromatic carbocycles. The van der Waals surface area contributed by atoms with Gasteiger partial charge in [-0.1, -0.05) is 30.2 Å². The number of nitrogens with one attached hydrogen (secondary N) is 2. The molecular formula is C30H27N7O. The Morgan fingerprint density at radius 1 is 0.842 bits per heavy atom. The quantitative estimate of drug-likeness (QED) is 0.274. The minimum absolute atomic E-state index is 0.268. The molecule has 1 saturated carbocycles. The molecule has 0 bridgehead atoms. The lowest BCUT2D eigenvalue weighted by atomic mass is 9.98. The number of pyridine rings is 3. The van der Waals surface area contributed by atoms with E-state index in [1.807, 2.05) is 36.5 Å². The molecule has 0 radical (unpaired) electrons. The highest BCUT2D eigenvalue weighted by atomic mass is 16.5. The summed E-state index contributed by atoms with van der Waals surface area (Å²) in [6.07, 6.45) is 11.6. The van der Waals surface area contributed by atoms with E-state index in [1.165, 1.54) is 24.8 Å². The van der Waals surface area contributed by atoms with Gasteiger partial charge in [0.15, 0.2) is 11.5 Å². The third-order valence-electron chi connectivity index (χ3n) is 7.19. The number of aryl methyl sites for hydroxylation is 1. The Bertz CT molecular complexity index is 1760. The number of H-pyrrole nitrogens is 2. The van der Waals surface area contributed by atoms with Crippen molar-refractivity contribution in [3.63, 3.8) is 0 Å². The van der Waals surface area contributed by atoms with Gasteiger partial charge in [0.1, 0.15) is 16.8 Å². The average molecular weight is 502 g/mol. The van der Waals surface area contributed by atoms with Gasteiger partial charge in [0.2, 0.25) is 0 Å². The topological polar surface area (TPSA) is 105 Å². The molecular weight excluding hydrogens is 474 g/mol. The monoisotopic (exact) mass is 501 g/mol. The summed E-state index contributed by atoms with van der Waals surface area (Å²) in [5.74, 6) is 1.43. The maximum atomic E-state index is 6.24. The largest absolute Gasteiger partial charge is 0.489 e. The van der Waals surface area contributed by atoms with E-state index in [0.717, 1.165) is 63.2 Å². The molecule has 0 amide bonds. The van der Waals surface area contributed by atoms with Crippen molar-refractivity contribution in [3.8, 4) is 39.8 Å². The number of rotatable bonds is 5. The number of nitrogens with zero attached hydrogens (tertiary/aromatic N) is 5. The molecule has 38 heavy (non-hydrogen) atoms. The molecule has 8 nitrogen and oxygen atoms in total. The molecule has 2 N–H and O–H groups in total. The van der Waals surface area contributed by atoms with Crippen LogP contribution in [0, 0.1) is 6.92 Å². The molecule has 0 saturated heterocycles. The molecule has 0 unspecified atom stereocenters. The SMILES string of the molecule is Cc1cccc(-c2nccc3[nH]c(-c4n[nH]c5ccc(-c6cncc(OC7CCCCC7)c6)nc45)nc23)c1. The molecule has 5 heterocycles. The summed E-state index contributed by atoms with van der Waals surface area (Å²) in [5.41, 5.74) is 8.70. The highest BCUT2D eigenvalue weighted by Crippen LogP contribution is 2.32. The van der Waals surface area contributed by atoms with E-state index in [9.17, 15) is 0 Å². The second kappa shape index (κ2) is 9.37. The first-order valence-electron chi connectivity index (χ1n) is 13.1. The van der Waals surface area contributed by atoms with Crippen molar-refractivity contribution in [2.75, 3.05) is 0 Å². The summed E-state index contributed by atoms with van der Waals surface area (Å²) in [6, 6.07) is 16.2. The van der Waals surface area contributed by atoms with Crippen LogP contribution in [0.15, 0.2) is 67.1 Å². The Morgan fingerprint density at radius 3 is 2.63 bits per heavy atom. The molecule has 7 rings (SSSR count). The van der Waals surface area contributed by atoms with Crippen LogP contribution in [0.2, 0.25) is 0 Å². The maximum absolute atomic E-state index is 6.24. The number of benzene rings is 1. The van der Waals surface area contributed by atoms with E-state index in [1.54, 1.807) is 12.4 Å². The molecule has 1 aliphatic carbocycles. The normalized spacial score (nSPS) is 14.3. The fourth-order valence-electron chi connectivity index (χ4n) is 5.27. The lowest BCUT2D eigenvalue weighted by Gasteiger charge is -2.22. The Kier molecular flexibility index (Phi) is 5.57. The summed E-state index contributed by atoms with van der Waals surface area (Å²) in [4.78, 5) is 22.4. The predicted octanol–water partition coefficient (Wildman–Crippen LogP) is 6.65. The maximum Gasteiger partial charge on any atom is 0.161 e. The van der Waals surface area contributed by atoms with E-state index in [4.69, 9.17) is 14.7 Å². The van der Waals surface area contributed by atoms with E-state index in [-0.39, 0.29) is 6.10 Å². The Morgan fingerprint density at radius 2 is 1.74 bits per heavy atom. The highest BCUT2D eigenvalue weighted by molar-refractivity contribution is 5.95. The molecule has 0 spiro atoms. The molecule has 5 aromatic heterocycles. The van der Waals surface area contributed by atoms with Crippen LogP contribution in [0.5, 0.6) is 5.75 Å². The third-order valence-corrected chi connectivity index (χ3v) is 7.19. The standard InChI is InChI=1S/C30H27N7O/c1-18-6-5-7-19(14-18)26-27-24(12-13-32-26)34-30(35-27)29-28-25(36-37-29)11-10-23(33-28)20-15-22(17-31-16-20)38-21-8-3-2-4-9-21/h5-7,10-17,21H,2-4,8-9H2,1H3,(H,34,35)(H,36,37). The Hall–Kier alpha value is -4.59. The van der Waals surface area contributed by atoms with Crippen LogP contribution < -0.4 is 4.74 Å². The van der Waals surface area contributed by atoms with Crippen molar-refractivity contribution in [1.82, 2.24) is 35.1 Å². The van der Waals surface area contributed by atoms with Crippen LogP contribution >= 0.6 is 0 Å². The zero-order chi connectivity index (χ0) is 25.5. The van der Waals surface area contributed by atoms with Gasteiger partial charge >= 0.3 is 0 Å². The van der Waals surface area contributed by atoms with Crippen LogP contribution in [0.25, 0.3) is 56.1 Å². The van der Waals surface area contributed by atoms with Crippen molar-refractivity contribution in [2.45, 2.75) is 45.1 Å². The Labute approximate surface area is 219 Å². The first kappa shape index (κ1) is 22.6. The fourth-order valence-corrected chi connectivity index (χ4v) is 5.27. The highest BCUT2D eigenvalue weighted by Gasteiger charge is 2.18. The number of hydrogen-bond acceptors (Lipinski definition) is 6.